The lowest BCUT2D eigenvalue weighted by Crippen LogP contribution is -2.64. The Morgan fingerprint density at radius 3 is 2.21 bits per heavy atom. The minimum absolute atomic E-state index is 0.00665. The van der Waals surface area contributed by atoms with Crippen molar-refractivity contribution in [1.29, 1.82) is 0 Å². The van der Waals surface area contributed by atoms with Crippen LogP contribution in [0.5, 0.6) is 0 Å². The van der Waals surface area contributed by atoms with Gasteiger partial charge in [-0.2, -0.15) is 0 Å². The number of carbonyl (C=O) groups excluding carboxylic acids is 4. The van der Waals surface area contributed by atoms with Crippen LogP contribution in [0.15, 0.2) is 0 Å². The van der Waals surface area contributed by atoms with Crippen LogP contribution in [0.2, 0.25) is 0 Å². The van der Waals surface area contributed by atoms with Crippen molar-refractivity contribution in [2.45, 2.75) is 57.7 Å². The van der Waals surface area contributed by atoms with E-state index in [0.717, 1.165) is 6.54 Å². The molecule has 2 N–H and O–H groups in total. The van der Waals surface area contributed by atoms with Crippen molar-refractivity contribution < 1.29 is 24.0 Å². The molecule has 2 rings (SSSR count). The monoisotopic (exact) mass is 407 g/mol. The second kappa shape index (κ2) is 9.83. The summed E-state index contributed by atoms with van der Waals surface area (Å²) in [4.78, 5) is 55.9. The Morgan fingerprint density at radius 2 is 1.61 bits per heavy atom. The summed E-state index contributed by atoms with van der Waals surface area (Å²) in [6.07, 6.45) is 0.613. The lowest BCUT2D eigenvalue weighted by atomic mass is 10.1. The second-order valence-corrected chi connectivity index (χ2v) is 7.53. The molecule has 2 aliphatic heterocycles. The molecular formula is C18H31N5O5. The van der Waals surface area contributed by atoms with E-state index in [-0.39, 0.29) is 30.8 Å². The third-order valence-electron chi connectivity index (χ3n) is 5.44. The molecule has 3 atom stereocenters. The number of hydrogen-bond acceptors (Lipinski definition) is 7. The number of hydroxylamine groups is 2. The van der Waals surface area contributed by atoms with Crippen LogP contribution in [0.4, 0.5) is 4.79 Å². The summed E-state index contributed by atoms with van der Waals surface area (Å²) in [5.74, 6) is -1.01. The van der Waals surface area contributed by atoms with E-state index in [4.69, 9.17) is 4.84 Å². The van der Waals surface area contributed by atoms with Crippen LogP contribution in [0.3, 0.4) is 0 Å². The predicted octanol–water partition coefficient (Wildman–Crippen LogP) is -0.304. The highest BCUT2D eigenvalue weighted by Crippen LogP contribution is 2.18. The molecule has 0 aromatic rings. The van der Waals surface area contributed by atoms with E-state index in [2.05, 4.69) is 34.3 Å². The number of carbonyl (C=O) groups is 4. The average Bonchev–Trinajstić information content (AvgIpc) is 2.94. The largest absolute Gasteiger partial charge is 0.432 e. The first-order valence-electron chi connectivity index (χ1n) is 9.73. The van der Waals surface area contributed by atoms with E-state index in [9.17, 15) is 19.2 Å². The molecule has 10 heteroatoms. The molecular weight excluding hydrogens is 376 g/mol. The van der Waals surface area contributed by atoms with Gasteiger partial charge in [-0.15, -0.1) is 5.06 Å². The molecule has 0 aromatic carbocycles. The zero-order valence-electron chi connectivity index (χ0n) is 17.1. The highest BCUT2D eigenvalue weighted by Gasteiger charge is 2.38. The van der Waals surface area contributed by atoms with Gasteiger partial charge in [0, 0.05) is 44.6 Å². The fourth-order valence-corrected chi connectivity index (χ4v) is 3.60. The smallest absolute Gasteiger partial charge is 0.355 e. The Hall–Kier alpha value is -2.20. The van der Waals surface area contributed by atoms with Gasteiger partial charge >= 0.3 is 6.09 Å². The number of rotatable bonds is 7. The highest BCUT2D eigenvalue weighted by atomic mass is 16.7. The molecule has 2 fully saturated rings. The van der Waals surface area contributed by atoms with E-state index >= 15 is 0 Å². The van der Waals surface area contributed by atoms with E-state index in [1.807, 2.05) is 14.1 Å². The van der Waals surface area contributed by atoms with E-state index in [1.54, 1.807) is 0 Å². The summed E-state index contributed by atoms with van der Waals surface area (Å²) in [5.41, 5.74) is 0. The first-order valence-corrected chi connectivity index (χ1v) is 9.73. The van der Waals surface area contributed by atoms with E-state index in [1.165, 1.54) is 0 Å². The Morgan fingerprint density at radius 1 is 1.04 bits per heavy atom. The van der Waals surface area contributed by atoms with Crippen LogP contribution < -0.4 is 10.6 Å². The molecule has 2 aliphatic rings. The van der Waals surface area contributed by atoms with Crippen LogP contribution in [-0.2, 0) is 19.2 Å². The molecule has 2 saturated heterocycles. The number of hydrogen-bond donors (Lipinski definition) is 2. The standard InChI is InChI=1S/C18H31N5O5/c1-12-11-21(3)16(13(2)22(12)4)17(26)19-9-5-6-10-20-18(27)28-23-14(24)7-8-15(23)25/h12-13,16H,5-11H2,1-4H3,(H,19,26)(H,20,27)/i3+1,4+1,5+1,6+1,9+1,10+1,11+1,12+1,21+1,22+1. The minimum Gasteiger partial charge on any atom is -0.355 e. The zero-order valence-corrected chi connectivity index (χ0v) is 17.1. The second-order valence-electron chi connectivity index (χ2n) is 7.53. The van der Waals surface area contributed by atoms with Gasteiger partial charge in [-0.05, 0) is 40.8 Å². The molecule has 3 unspecified atom stereocenters. The van der Waals surface area contributed by atoms with Gasteiger partial charge < -0.3 is 15.5 Å². The number of likely N-dealkylation sites (N-methyl/N-ethyl adjacent to an activating group) is 2. The third kappa shape index (κ3) is 5.41. The van der Waals surface area contributed by atoms with Gasteiger partial charge in [-0.3, -0.25) is 24.2 Å². The van der Waals surface area contributed by atoms with Gasteiger partial charge in [-0.1, -0.05) is 0 Å². The van der Waals surface area contributed by atoms with Crippen molar-refractivity contribution in [2.75, 3.05) is 33.7 Å². The molecule has 0 aliphatic carbocycles. The van der Waals surface area contributed by atoms with Crippen molar-refractivity contribution in [1.82, 2.24) is 25.5 Å². The van der Waals surface area contributed by atoms with Crippen LogP contribution in [0, 0.1) is 0 Å². The quantitative estimate of drug-likeness (QED) is 0.258. The summed E-state index contributed by atoms with van der Waals surface area (Å²) in [7, 11) is 4.01. The third-order valence-corrected chi connectivity index (χ3v) is 5.44. The van der Waals surface area contributed by atoms with Gasteiger partial charge in [0.05, 0.1) is 0 Å². The maximum atomic E-state index is 12.5. The number of imide groups is 1. The number of unbranched alkanes of at least 4 members (excludes halogenated alkanes) is 1. The molecule has 4 amide bonds. The average molecular weight is 407 g/mol. The fraction of sp³-hybridized carbons (Fsp3) is 0.778. The molecule has 10 nitrogen and oxygen atoms in total. The number of nitrogens with zero attached hydrogens (tertiary/aromatic N) is 3. The molecule has 0 spiro atoms. The van der Waals surface area contributed by atoms with Gasteiger partial charge in [-0.25, -0.2) is 4.79 Å². The zero-order chi connectivity index (χ0) is 20.8. The van der Waals surface area contributed by atoms with Crippen molar-refractivity contribution in [3.8, 4) is 0 Å². The Balaban J connectivity index is 1.61. The summed E-state index contributed by atoms with van der Waals surface area (Å²) in [5, 5.41) is 5.96. The fourth-order valence-electron chi connectivity index (χ4n) is 3.60. The lowest BCUT2D eigenvalue weighted by Gasteiger charge is -2.46. The maximum Gasteiger partial charge on any atom is 0.432 e. The van der Waals surface area contributed by atoms with E-state index < -0.39 is 17.9 Å². The van der Waals surface area contributed by atoms with Crippen LogP contribution >= 0.6 is 0 Å². The molecule has 158 valence electrons. The lowest BCUT2D eigenvalue weighted by molar-refractivity contribution is -0.171. The maximum absolute atomic E-state index is 12.5. The summed E-state index contributed by atoms with van der Waals surface area (Å²) >= 11 is 0. The predicted molar refractivity (Wildman–Crippen MR) is 101 cm³/mol. The first kappa shape index (κ1) is 22.1. The normalized spacial score (nSPS) is 26.4. The van der Waals surface area contributed by atoms with Gasteiger partial charge in [0.25, 0.3) is 11.8 Å². The van der Waals surface area contributed by atoms with Crippen molar-refractivity contribution in [3.63, 3.8) is 0 Å². The molecule has 2 heterocycles. The van der Waals surface area contributed by atoms with Crippen molar-refractivity contribution in [2.24, 2.45) is 0 Å². The summed E-state index contributed by atoms with van der Waals surface area (Å²) in [6, 6.07) is 0.340. The Labute approximate surface area is 165 Å². The Bertz CT molecular complexity index is 597. The number of amides is 4. The summed E-state index contributed by atoms with van der Waals surface area (Å²) in [6.45, 7) is 5.88. The number of nitrogens with one attached hydrogen (secondary N) is 2. The molecule has 0 saturated carbocycles. The van der Waals surface area contributed by atoms with Crippen LogP contribution in [0.25, 0.3) is 0 Å². The molecule has 0 radical (unpaired) electrons. The first-order chi connectivity index (χ1) is 13.2. The van der Waals surface area contributed by atoms with Gasteiger partial charge in [0.2, 0.25) is 5.91 Å². The summed E-state index contributed by atoms with van der Waals surface area (Å²) < 4.78 is 0. The van der Waals surface area contributed by atoms with E-state index in [0.29, 0.717) is 37.0 Å². The van der Waals surface area contributed by atoms with Gasteiger partial charge in [0.15, 0.2) is 0 Å². The van der Waals surface area contributed by atoms with Crippen molar-refractivity contribution >= 4 is 23.8 Å². The SMILES string of the molecule is CC1C(C(=O)N[13CH2][13CH2][13CH2][13CH2]NC(=O)ON2C(=O)CCC2=O)[15N]([13CH3])[13CH2][13CH](C)[15N]1[13CH3]. The van der Waals surface area contributed by atoms with Gasteiger partial charge in [0.1, 0.15) is 6.04 Å². The Kier molecular flexibility index (Phi) is 7.76. The molecule has 0 aromatic heterocycles. The topological polar surface area (TPSA) is 111 Å². The minimum atomic E-state index is -0.831. The number of piperazine rings is 1. The van der Waals surface area contributed by atoms with Crippen LogP contribution in [0.1, 0.15) is 39.5 Å². The highest BCUT2D eigenvalue weighted by molar-refractivity contribution is 6.01. The molecule has 28 heavy (non-hydrogen) atoms. The molecule has 0 bridgehead atoms. The van der Waals surface area contributed by atoms with Crippen LogP contribution in [-0.4, -0.2) is 90.5 Å². The van der Waals surface area contributed by atoms with Crippen molar-refractivity contribution in [3.05, 3.63) is 0 Å².